The van der Waals surface area contributed by atoms with Crippen molar-refractivity contribution in [1.29, 1.82) is 0 Å². The number of amides is 2. The topological polar surface area (TPSA) is 58.4 Å². The largest absolute Gasteiger partial charge is 0.335 e. The van der Waals surface area contributed by atoms with Crippen LogP contribution in [0.3, 0.4) is 0 Å². The predicted octanol–water partition coefficient (Wildman–Crippen LogP) is 2.23. The highest BCUT2D eigenvalue weighted by molar-refractivity contribution is 5.75. The maximum absolute atomic E-state index is 12.3. The van der Waals surface area contributed by atoms with Gasteiger partial charge in [-0.2, -0.15) is 0 Å². The van der Waals surface area contributed by atoms with Crippen molar-refractivity contribution in [3.05, 3.63) is 0 Å². The van der Waals surface area contributed by atoms with Crippen molar-refractivity contribution in [2.24, 2.45) is 5.73 Å². The summed E-state index contributed by atoms with van der Waals surface area (Å²) in [4.78, 5) is 14.2. The number of carbonyl (C=O) groups is 1. The zero-order chi connectivity index (χ0) is 13.0. The van der Waals surface area contributed by atoms with Gasteiger partial charge in [-0.25, -0.2) is 4.79 Å². The predicted molar refractivity (Wildman–Crippen MR) is 73.4 cm³/mol. The molecule has 0 atom stereocenters. The SMILES string of the molecule is CN(C(=O)NC1CCC1)C1(CN)CCCCCC1. The Kier molecular flexibility index (Phi) is 4.49. The highest BCUT2D eigenvalue weighted by Gasteiger charge is 2.37. The van der Waals surface area contributed by atoms with Gasteiger partial charge in [0.15, 0.2) is 0 Å². The molecule has 0 aromatic carbocycles. The molecule has 0 aromatic rings. The third kappa shape index (κ3) is 2.79. The molecule has 2 rings (SSSR count). The molecule has 0 spiro atoms. The minimum atomic E-state index is -0.107. The minimum absolute atomic E-state index is 0.0760. The fourth-order valence-electron chi connectivity index (χ4n) is 3.10. The molecular formula is C14H27N3O. The van der Waals surface area contributed by atoms with E-state index in [-0.39, 0.29) is 11.6 Å². The van der Waals surface area contributed by atoms with Gasteiger partial charge in [0.25, 0.3) is 0 Å². The summed E-state index contributed by atoms with van der Waals surface area (Å²) in [6.07, 6.45) is 10.6. The maximum atomic E-state index is 12.3. The monoisotopic (exact) mass is 253 g/mol. The Morgan fingerprint density at radius 1 is 1.22 bits per heavy atom. The number of rotatable bonds is 3. The fourth-order valence-corrected chi connectivity index (χ4v) is 3.10. The Morgan fingerprint density at radius 3 is 2.28 bits per heavy atom. The summed E-state index contributed by atoms with van der Waals surface area (Å²) in [5.41, 5.74) is 5.90. The average Bonchev–Trinajstić information content (AvgIpc) is 2.58. The number of urea groups is 1. The van der Waals surface area contributed by atoms with Gasteiger partial charge in [0, 0.05) is 19.6 Å². The summed E-state index contributed by atoms with van der Waals surface area (Å²) in [5.74, 6) is 0. The van der Waals surface area contributed by atoms with Gasteiger partial charge in [0.1, 0.15) is 0 Å². The molecule has 0 bridgehead atoms. The van der Waals surface area contributed by atoms with Crippen LogP contribution in [-0.4, -0.2) is 36.1 Å². The fraction of sp³-hybridized carbons (Fsp3) is 0.929. The van der Waals surface area contributed by atoms with Crippen molar-refractivity contribution < 1.29 is 4.79 Å². The van der Waals surface area contributed by atoms with Crippen LogP contribution < -0.4 is 11.1 Å². The molecule has 2 fully saturated rings. The molecule has 0 saturated heterocycles. The van der Waals surface area contributed by atoms with Crippen LogP contribution in [-0.2, 0) is 0 Å². The molecule has 18 heavy (non-hydrogen) atoms. The van der Waals surface area contributed by atoms with E-state index < -0.39 is 0 Å². The van der Waals surface area contributed by atoms with Gasteiger partial charge in [-0.3, -0.25) is 0 Å². The number of hydrogen-bond donors (Lipinski definition) is 2. The van der Waals surface area contributed by atoms with Crippen LogP contribution >= 0.6 is 0 Å². The van der Waals surface area contributed by atoms with E-state index in [2.05, 4.69) is 5.32 Å². The molecule has 0 heterocycles. The van der Waals surface area contributed by atoms with Crippen molar-refractivity contribution >= 4 is 6.03 Å². The molecule has 2 saturated carbocycles. The highest BCUT2D eigenvalue weighted by Crippen LogP contribution is 2.31. The lowest BCUT2D eigenvalue weighted by Crippen LogP contribution is -2.58. The standard InChI is InChI=1S/C14H27N3O/c1-17(13(18)16-12-7-6-8-12)14(11-15)9-4-2-3-5-10-14/h12H,2-11,15H2,1H3,(H,16,18). The first-order chi connectivity index (χ1) is 8.68. The van der Waals surface area contributed by atoms with E-state index in [0.29, 0.717) is 12.6 Å². The Morgan fingerprint density at radius 2 is 1.83 bits per heavy atom. The zero-order valence-electron chi connectivity index (χ0n) is 11.6. The summed E-state index contributed by atoms with van der Waals surface area (Å²) < 4.78 is 0. The van der Waals surface area contributed by atoms with Gasteiger partial charge in [0.05, 0.1) is 5.54 Å². The van der Waals surface area contributed by atoms with Crippen molar-refractivity contribution in [2.45, 2.75) is 69.4 Å². The molecule has 0 unspecified atom stereocenters. The van der Waals surface area contributed by atoms with E-state index in [4.69, 9.17) is 5.73 Å². The number of nitrogens with two attached hydrogens (primary N) is 1. The quantitative estimate of drug-likeness (QED) is 0.758. The Hall–Kier alpha value is -0.770. The normalized spacial score (nSPS) is 23.9. The van der Waals surface area contributed by atoms with E-state index in [1.165, 1.54) is 32.1 Å². The van der Waals surface area contributed by atoms with Crippen molar-refractivity contribution in [3.63, 3.8) is 0 Å². The summed E-state index contributed by atoms with van der Waals surface area (Å²) >= 11 is 0. The Labute approximate surface area is 110 Å². The number of likely N-dealkylation sites (N-methyl/N-ethyl adjacent to an activating group) is 1. The third-order valence-corrected chi connectivity index (χ3v) is 4.86. The van der Waals surface area contributed by atoms with E-state index in [1.54, 1.807) is 0 Å². The van der Waals surface area contributed by atoms with E-state index in [9.17, 15) is 4.79 Å². The lowest BCUT2D eigenvalue weighted by Gasteiger charge is -2.42. The maximum Gasteiger partial charge on any atom is 0.317 e. The zero-order valence-corrected chi connectivity index (χ0v) is 11.6. The lowest BCUT2D eigenvalue weighted by atomic mass is 9.88. The van der Waals surface area contributed by atoms with Gasteiger partial charge >= 0.3 is 6.03 Å². The summed E-state index contributed by atoms with van der Waals surface area (Å²) in [7, 11) is 1.92. The van der Waals surface area contributed by atoms with Crippen molar-refractivity contribution in [2.75, 3.05) is 13.6 Å². The molecular weight excluding hydrogens is 226 g/mol. The van der Waals surface area contributed by atoms with Gasteiger partial charge in [-0.05, 0) is 32.1 Å². The summed E-state index contributed by atoms with van der Waals surface area (Å²) in [6.45, 7) is 0.585. The van der Waals surface area contributed by atoms with Crippen molar-refractivity contribution in [3.8, 4) is 0 Å². The minimum Gasteiger partial charge on any atom is -0.335 e. The van der Waals surface area contributed by atoms with Gasteiger partial charge in [-0.1, -0.05) is 25.7 Å². The second-order valence-electron chi connectivity index (χ2n) is 5.98. The molecule has 0 aromatic heterocycles. The van der Waals surface area contributed by atoms with Gasteiger partial charge in [-0.15, -0.1) is 0 Å². The molecule has 2 aliphatic rings. The number of nitrogens with one attached hydrogen (secondary N) is 1. The van der Waals surface area contributed by atoms with Crippen molar-refractivity contribution in [1.82, 2.24) is 10.2 Å². The van der Waals surface area contributed by atoms with E-state index >= 15 is 0 Å². The van der Waals surface area contributed by atoms with E-state index in [0.717, 1.165) is 25.7 Å². The third-order valence-electron chi connectivity index (χ3n) is 4.86. The molecule has 2 amide bonds. The first kappa shape index (κ1) is 13.7. The smallest absolute Gasteiger partial charge is 0.317 e. The molecule has 3 N–H and O–H groups in total. The van der Waals surface area contributed by atoms with Crippen LogP contribution in [0.5, 0.6) is 0 Å². The first-order valence-electron chi connectivity index (χ1n) is 7.42. The van der Waals surface area contributed by atoms with Gasteiger partial charge in [0.2, 0.25) is 0 Å². The number of carbonyl (C=O) groups excluding carboxylic acids is 1. The van der Waals surface area contributed by atoms with Crippen LogP contribution in [0.15, 0.2) is 0 Å². The molecule has 0 aliphatic heterocycles. The van der Waals surface area contributed by atoms with Crippen LogP contribution in [0.25, 0.3) is 0 Å². The Balaban J connectivity index is 1.97. The number of nitrogens with zero attached hydrogens (tertiary/aromatic N) is 1. The summed E-state index contributed by atoms with van der Waals surface area (Å²) in [6, 6.07) is 0.479. The molecule has 4 heteroatoms. The average molecular weight is 253 g/mol. The van der Waals surface area contributed by atoms with Gasteiger partial charge < -0.3 is 16.0 Å². The first-order valence-corrected chi connectivity index (χ1v) is 7.42. The molecule has 2 aliphatic carbocycles. The highest BCUT2D eigenvalue weighted by atomic mass is 16.2. The molecule has 0 radical (unpaired) electrons. The van der Waals surface area contributed by atoms with Crippen LogP contribution in [0.4, 0.5) is 4.79 Å². The lowest BCUT2D eigenvalue weighted by molar-refractivity contribution is 0.118. The number of hydrogen-bond acceptors (Lipinski definition) is 2. The van der Waals surface area contributed by atoms with E-state index in [1.807, 2.05) is 11.9 Å². The van der Waals surface area contributed by atoms with Crippen LogP contribution in [0.2, 0.25) is 0 Å². The second-order valence-corrected chi connectivity index (χ2v) is 5.98. The van der Waals surface area contributed by atoms with Crippen LogP contribution in [0, 0.1) is 0 Å². The summed E-state index contributed by atoms with van der Waals surface area (Å²) in [5, 5.41) is 3.12. The second kappa shape index (κ2) is 5.91. The van der Waals surface area contributed by atoms with Crippen LogP contribution in [0.1, 0.15) is 57.8 Å². The molecule has 4 nitrogen and oxygen atoms in total. The molecule has 104 valence electrons. The Bertz CT molecular complexity index is 281.